The maximum absolute atomic E-state index is 11.2. The molecule has 0 saturated carbocycles. The predicted molar refractivity (Wildman–Crippen MR) is 70.2 cm³/mol. The van der Waals surface area contributed by atoms with E-state index in [4.69, 9.17) is 9.84 Å². The molecule has 4 nitrogen and oxygen atoms in total. The van der Waals surface area contributed by atoms with Gasteiger partial charge in [-0.15, -0.1) is 0 Å². The zero-order chi connectivity index (χ0) is 13.2. The monoisotopic (exact) mass is 249 g/mol. The van der Waals surface area contributed by atoms with Crippen LogP contribution in [0.15, 0.2) is 36.9 Å². The van der Waals surface area contributed by atoms with E-state index in [1.165, 1.54) is 11.6 Å². The summed E-state index contributed by atoms with van der Waals surface area (Å²) in [5.74, 6) is 0. The third-order valence-electron chi connectivity index (χ3n) is 2.42. The molecule has 0 aliphatic rings. The van der Waals surface area contributed by atoms with E-state index in [2.05, 4.69) is 11.9 Å². The second kappa shape index (κ2) is 8.31. The maximum atomic E-state index is 11.2. The maximum Gasteiger partial charge on any atom is 0.407 e. The van der Waals surface area contributed by atoms with Crippen LogP contribution < -0.4 is 5.32 Å². The van der Waals surface area contributed by atoms with E-state index in [1.54, 1.807) is 0 Å². The van der Waals surface area contributed by atoms with Crippen LogP contribution in [-0.2, 0) is 17.7 Å². The molecule has 0 fully saturated rings. The number of rotatable bonds is 7. The van der Waals surface area contributed by atoms with Crippen LogP contribution in [0.1, 0.15) is 17.5 Å². The highest BCUT2D eigenvalue weighted by atomic mass is 16.5. The van der Waals surface area contributed by atoms with E-state index in [1.807, 2.05) is 24.3 Å². The van der Waals surface area contributed by atoms with E-state index in [-0.39, 0.29) is 13.2 Å². The number of carbonyl (C=O) groups excluding carboxylic acids is 1. The van der Waals surface area contributed by atoms with Gasteiger partial charge in [0, 0.05) is 13.2 Å². The minimum absolute atomic E-state index is 0.207. The molecule has 2 N–H and O–H groups in total. The van der Waals surface area contributed by atoms with Crippen LogP contribution >= 0.6 is 0 Å². The van der Waals surface area contributed by atoms with Crippen molar-refractivity contribution in [3.8, 4) is 0 Å². The van der Waals surface area contributed by atoms with E-state index < -0.39 is 6.09 Å². The number of carbonyl (C=O) groups is 1. The summed E-state index contributed by atoms with van der Waals surface area (Å²) in [5, 5.41) is 11.4. The molecule has 0 bridgehead atoms. The summed E-state index contributed by atoms with van der Waals surface area (Å²) in [7, 11) is 0. The van der Waals surface area contributed by atoms with Gasteiger partial charge in [-0.3, -0.25) is 0 Å². The Labute approximate surface area is 107 Å². The lowest BCUT2D eigenvalue weighted by molar-refractivity contribution is 0.158. The molecule has 0 aliphatic heterocycles. The summed E-state index contributed by atoms with van der Waals surface area (Å²) >= 11 is 0. The van der Waals surface area contributed by atoms with Crippen LogP contribution in [0.25, 0.3) is 0 Å². The average Bonchev–Trinajstić information content (AvgIpc) is 2.41. The van der Waals surface area contributed by atoms with Crippen molar-refractivity contribution in [3.05, 3.63) is 48.0 Å². The molecular weight excluding hydrogens is 230 g/mol. The highest BCUT2D eigenvalue weighted by molar-refractivity contribution is 5.67. The number of nitrogens with one attached hydrogen (secondary N) is 1. The molecule has 18 heavy (non-hydrogen) atoms. The third-order valence-corrected chi connectivity index (χ3v) is 2.42. The normalized spacial score (nSPS) is 9.83. The minimum atomic E-state index is -0.445. The Morgan fingerprint density at radius 3 is 2.61 bits per heavy atom. The fourth-order valence-electron chi connectivity index (χ4n) is 1.47. The molecule has 0 unspecified atom stereocenters. The third kappa shape index (κ3) is 5.50. The topological polar surface area (TPSA) is 58.6 Å². The summed E-state index contributed by atoms with van der Waals surface area (Å²) < 4.78 is 4.79. The quantitative estimate of drug-likeness (QED) is 0.727. The molecular formula is C14H19NO3. The molecule has 1 aromatic rings. The van der Waals surface area contributed by atoms with Gasteiger partial charge in [0.2, 0.25) is 0 Å². The second-order valence-electron chi connectivity index (χ2n) is 3.88. The van der Waals surface area contributed by atoms with Gasteiger partial charge in [0.05, 0.1) is 0 Å². The van der Waals surface area contributed by atoms with Crippen molar-refractivity contribution in [2.24, 2.45) is 0 Å². The number of benzene rings is 1. The van der Waals surface area contributed by atoms with Gasteiger partial charge in [-0.25, -0.2) is 4.79 Å². The van der Waals surface area contributed by atoms with Crippen LogP contribution in [0, 0.1) is 0 Å². The van der Waals surface area contributed by atoms with Crippen molar-refractivity contribution >= 4 is 6.09 Å². The van der Waals surface area contributed by atoms with Gasteiger partial charge >= 0.3 is 6.09 Å². The first-order valence-corrected chi connectivity index (χ1v) is 5.96. The Morgan fingerprint density at radius 1 is 1.33 bits per heavy atom. The van der Waals surface area contributed by atoms with Crippen molar-refractivity contribution in [2.45, 2.75) is 19.4 Å². The van der Waals surface area contributed by atoms with E-state index in [0.29, 0.717) is 6.54 Å². The van der Waals surface area contributed by atoms with Crippen LogP contribution in [0.2, 0.25) is 0 Å². The number of alkyl carbamates (subject to hydrolysis) is 1. The molecule has 4 heteroatoms. The molecule has 0 aliphatic carbocycles. The number of aliphatic hydroxyl groups excluding tert-OH is 1. The van der Waals surface area contributed by atoms with Crippen molar-refractivity contribution in [1.82, 2.24) is 5.32 Å². The molecule has 1 aromatic carbocycles. The molecule has 0 radical (unpaired) electrons. The van der Waals surface area contributed by atoms with Crippen LogP contribution in [0.4, 0.5) is 4.79 Å². The van der Waals surface area contributed by atoms with Gasteiger partial charge in [-0.05, 0) is 24.0 Å². The van der Waals surface area contributed by atoms with Crippen LogP contribution in [0.3, 0.4) is 0 Å². The van der Waals surface area contributed by atoms with Crippen LogP contribution in [0.5, 0.6) is 0 Å². The zero-order valence-corrected chi connectivity index (χ0v) is 10.4. The first kappa shape index (κ1) is 14.3. The molecule has 98 valence electrons. The van der Waals surface area contributed by atoms with Gasteiger partial charge in [-0.2, -0.15) is 0 Å². The number of aliphatic hydroxyl groups is 1. The lowest BCUT2D eigenvalue weighted by Crippen LogP contribution is -2.23. The molecule has 0 saturated heterocycles. The van der Waals surface area contributed by atoms with Gasteiger partial charge in [-0.1, -0.05) is 36.9 Å². The summed E-state index contributed by atoms with van der Waals surface area (Å²) in [6.45, 7) is 4.32. The molecule has 0 heterocycles. The molecule has 1 amide bonds. The van der Waals surface area contributed by atoms with E-state index >= 15 is 0 Å². The number of amides is 1. The standard InChI is InChI=1S/C14H19NO3/c1-2-10-18-14(17)15-11-13-7-5-12(6-8-13)4-3-9-16/h2,5-8,16H,1,3-4,9-11H2,(H,15,17). The smallest absolute Gasteiger partial charge is 0.407 e. The summed E-state index contributed by atoms with van der Waals surface area (Å²) in [4.78, 5) is 11.2. The van der Waals surface area contributed by atoms with Crippen LogP contribution in [-0.4, -0.2) is 24.4 Å². The van der Waals surface area contributed by atoms with Gasteiger partial charge in [0.25, 0.3) is 0 Å². The number of aryl methyl sites for hydroxylation is 1. The lowest BCUT2D eigenvalue weighted by Gasteiger charge is -2.06. The van der Waals surface area contributed by atoms with E-state index in [0.717, 1.165) is 18.4 Å². The first-order chi connectivity index (χ1) is 8.76. The molecule has 0 spiro atoms. The number of hydrogen-bond acceptors (Lipinski definition) is 3. The lowest BCUT2D eigenvalue weighted by atomic mass is 10.1. The average molecular weight is 249 g/mol. The second-order valence-corrected chi connectivity index (χ2v) is 3.88. The Kier molecular flexibility index (Phi) is 6.58. The van der Waals surface area contributed by atoms with Crippen molar-refractivity contribution < 1.29 is 14.6 Å². The fraction of sp³-hybridized carbons (Fsp3) is 0.357. The Bertz CT molecular complexity index is 373. The largest absolute Gasteiger partial charge is 0.445 e. The SMILES string of the molecule is C=CCOC(=O)NCc1ccc(CCCO)cc1. The highest BCUT2D eigenvalue weighted by Gasteiger charge is 2.00. The first-order valence-electron chi connectivity index (χ1n) is 5.96. The molecule has 0 aromatic heterocycles. The molecule has 0 atom stereocenters. The number of ether oxygens (including phenoxy) is 1. The van der Waals surface area contributed by atoms with E-state index in [9.17, 15) is 4.79 Å². The van der Waals surface area contributed by atoms with Gasteiger partial charge in [0.1, 0.15) is 6.61 Å². The van der Waals surface area contributed by atoms with Crippen molar-refractivity contribution in [3.63, 3.8) is 0 Å². The predicted octanol–water partition coefficient (Wildman–Crippen LogP) is 2.02. The zero-order valence-electron chi connectivity index (χ0n) is 10.4. The number of hydrogen-bond donors (Lipinski definition) is 2. The van der Waals surface area contributed by atoms with Crippen molar-refractivity contribution in [2.75, 3.05) is 13.2 Å². The summed E-state index contributed by atoms with van der Waals surface area (Å²) in [6.07, 6.45) is 2.71. The Morgan fingerprint density at radius 2 is 2.00 bits per heavy atom. The highest BCUT2D eigenvalue weighted by Crippen LogP contribution is 2.06. The summed E-state index contributed by atoms with van der Waals surface area (Å²) in [5.41, 5.74) is 2.19. The Balaban J connectivity index is 2.34. The van der Waals surface area contributed by atoms with Gasteiger partial charge < -0.3 is 15.2 Å². The Hall–Kier alpha value is -1.81. The minimum Gasteiger partial charge on any atom is -0.445 e. The van der Waals surface area contributed by atoms with Crippen molar-refractivity contribution in [1.29, 1.82) is 0 Å². The molecule has 1 rings (SSSR count). The fourth-order valence-corrected chi connectivity index (χ4v) is 1.47. The summed E-state index contributed by atoms with van der Waals surface area (Å²) in [6, 6.07) is 7.92. The van der Waals surface area contributed by atoms with Gasteiger partial charge in [0.15, 0.2) is 0 Å².